The molecule has 2 heteroatoms. The van der Waals surface area contributed by atoms with Crippen LogP contribution >= 0.6 is 0 Å². The summed E-state index contributed by atoms with van der Waals surface area (Å²) < 4.78 is 5.71. The maximum absolute atomic E-state index is 6.67. The van der Waals surface area contributed by atoms with Gasteiger partial charge < -0.3 is 10.5 Å². The summed E-state index contributed by atoms with van der Waals surface area (Å²) in [6.45, 7) is 8.90. The van der Waals surface area contributed by atoms with Crippen molar-refractivity contribution in [2.75, 3.05) is 7.11 Å². The highest BCUT2D eigenvalue weighted by atomic mass is 16.5. The van der Waals surface area contributed by atoms with E-state index in [9.17, 15) is 0 Å². The average Bonchev–Trinajstić information content (AvgIpc) is 2.85. The van der Waals surface area contributed by atoms with E-state index < -0.39 is 0 Å². The number of ether oxygens (including phenoxy) is 1. The Balaban J connectivity index is 2.59. The van der Waals surface area contributed by atoms with Crippen LogP contribution in [0.15, 0.2) is 12.1 Å². The molecular formula is C18H29NO. The van der Waals surface area contributed by atoms with Gasteiger partial charge in [-0.05, 0) is 53.5 Å². The molecule has 1 aliphatic rings. The molecule has 112 valence electrons. The van der Waals surface area contributed by atoms with Gasteiger partial charge in [0.25, 0.3) is 0 Å². The minimum absolute atomic E-state index is 0.125. The van der Waals surface area contributed by atoms with Crippen molar-refractivity contribution in [3.63, 3.8) is 0 Å². The van der Waals surface area contributed by atoms with Crippen molar-refractivity contribution in [2.45, 2.75) is 70.8 Å². The lowest BCUT2D eigenvalue weighted by Crippen LogP contribution is -2.33. The minimum atomic E-state index is -0.125. The Bertz CT molecular complexity index is 441. The molecule has 1 aromatic rings. The Morgan fingerprint density at radius 2 is 1.45 bits per heavy atom. The largest absolute Gasteiger partial charge is 0.496 e. The molecule has 1 aliphatic carbocycles. The van der Waals surface area contributed by atoms with E-state index in [4.69, 9.17) is 10.5 Å². The normalized spacial score (nSPS) is 18.0. The predicted molar refractivity (Wildman–Crippen MR) is 85.5 cm³/mol. The molecule has 0 bridgehead atoms. The van der Waals surface area contributed by atoms with Crippen LogP contribution in [-0.2, 0) is 5.54 Å². The van der Waals surface area contributed by atoms with E-state index in [2.05, 4.69) is 39.8 Å². The summed E-state index contributed by atoms with van der Waals surface area (Å²) >= 11 is 0. The second-order valence-electron chi connectivity index (χ2n) is 6.86. The van der Waals surface area contributed by atoms with Crippen molar-refractivity contribution < 1.29 is 4.74 Å². The van der Waals surface area contributed by atoms with E-state index in [1.807, 2.05) is 0 Å². The van der Waals surface area contributed by atoms with Crippen LogP contribution in [0.5, 0.6) is 5.75 Å². The van der Waals surface area contributed by atoms with Crippen molar-refractivity contribution in [1.82, 2.24) is 0 Å². The quantitative estimate of drug-likeness (QED) is 0.866. The van der Waals surface area contributed by atoms with Crippen LogP contribution in [0.2, 0.25) is 0 Å². The third-order valence-electron chi connectivity index (χ3n) is 4.67. The van der Waals surface area contributed by atoms with Gasteiger partial charge in [-0.3, -0.25) is 0 Å². The summed E-state index contributed by atoms with van der Waals surface area (Å²) in [6, 6.07) is 4.58. The van der Waals surface area contributed by atoms with E-state index in [0.29, 0.717) is 11.8 Å². The standard InChI is InChI=1S/C18H29NO/c1-12(2)15-10-14(18(19)8-6-7-9-18)11-16(13(3)4)17(15)20-5/h10-13H,6-9,19H2,1-5H3. The lowest BCUT2D eigenvalue weighted by molar-refractivity contribution is 0.397. The maximum Gasteiger partial charge on any atom is 0.125 e. The van der Waals surface area contributed by atoms with Crippen molar-refractivity contribution in [3.8, 4) is 5.75 Å². The van der Waals surface area contributed by atoms with Crippen LogP contribution in [0.3, 0.4) is 0 Å². The number of nitrogens with two attached hydrogens (primary N) is 1. The zero-order valence-electron chi connectivity index (χ0n) is 13.6. The first kappa shape index (κ1) is 15.4. The highest BCUT2D eigenvalue weighted by Gasteiger charge is 2.33. The van der Waals surface area contributed by atoms with Crippen LogP contribution in [-0.4, -0.2) is 7.11 Å². The van der Waals surface area contributed by atoms with Crippen LogP contribution in [0.25, 0.3) is 0 Å². The number of benzene rings is 1. The number of methoxy groups -OCH3 is 1. The molecule has 1 saturated carbocycles. The third kappa shape index (κ3) is 2.71. The van der Waals surface area contributed by atoms with E-state index in [0.717, 1.165) is 18.6 Å². The van der Waals surface area contributed by atoms with Gasteiger partial charge in [0.15, 0.2) is 0 Å². The fraction of sp³-hybridized carbons (Fsp3) is 0.667. The first-order valence-corrected chi connectivity index (χ1v) is 7.90. The smallest absolute Gasteiger partial charge is 0.125 e. The van der Waals surface area contributed by atoms with Gasteiger partial charge in [-0.1, -0.05) is 40.5 Å². The second-order valence-corrected chi connectivity index (χ2v) is 6.86. The summed E-state index contributed by atoms with van der Waals surface area (Å²) in [7, 11) is 1.78. The van der Waals surface area contributed by atoms with Gasteiger partial charge in [0.1, 0.15) is 5.75 Å². The van der Waals surface area contributed by atoms with E-state index >= 15 is 0 Å². The topological polar surface area (TPSA) is 35.2 Å². The Hall–Kier alpha value is -1.02. The van der Waals surface area contributed by atoms with Gasteiger partial charge in [-0.15, -0.1) is 0 Å². The van der Waals surface area contributed by atoms with Crippen LogP contribution in [0.4, 0.5) is 0 Å². The summed E-state index contributed by atoms with van der Waals surface area (Å²) in [6.07, 6.45) is 4.70. The molecule has 1 fully saturated rings. The van der Waals surface area contributed by atoms with Crippen LogP contribution in [0, 0.1) is 0 Å². The summed E-state index contributed by atoms with van der Waals surface area (Å²) in [5.74, 6) is 1.96. The first-order chi connectivity index (χ1) is 9.39. The van der Waals surface area contributed by atoms with Gasteiger partial charge in [-0.25, -0.2) is 0 Å². The van der Waals surface area contributed by atoms with Gasteiger partial charge >= 0.3 is 0 Å². The number of hydrogen-bond acceptors (Lipinski definition) is 2. The van der Waals surface area contributed by atoms with E-state index in [1.54, 1.807) is 7.11 Å². The third-order valence-corrected chi connectivity index (χ3v) is 4.67. The maximum atomic E-state index is 6.67. The molecule has 2 nitrogen and oxygen atoms in total. The Morgan fingerprint density at radius 3 is 1.80 bits per heavy atom. The molecule has 0 atom stereocenters. The molecule has 0 heterocycles. The second kappa shape index (κ2) is 5.77. The predicted octanol–water partition coefficient (Wildman–Crippen LogP) is 4.67. The fourth-order valence-electron chi connectivity index (χ4n) is 3.35. The fourth-order valence-corrected chi connectivity index (χ4v) is 3.35. The Morgan fingerprint density at radius 1 is 1.00 bits per heavy atom. The molecule has 0 saturated heterocycles. The molecule has 2 N–H and O–H groups in total. The molecular weight excluding hydrogens is 246 g/mol. The van der Waals surface area contributed by atoms with Gasteiger partial charge in [0.05, 0.1) is 7.11 Å². The SMILES string of the molecule is COc1c(C(C)C)cc(C2(N)CCCC2)cc1C(C)C. The Labute approximate surface area is 123 Å². The van der Waals surface area contributed by atoms with Crippen molar-refractivity contribution >= 4 is 0 Å². The molecule has 0 aromatic heterocycles. The summed E-state index contributed by atoms with van der Waals surface area (Å²) in [5, 5.41) is 0. The molecule has 20 heavy (non-hydrogen) atoms. The lowest BCUT2D eigenvalue weighted by Gasteiger charge is -2.28. The zero-order valence-corrected chi connectivity index (χ0v) is 13.6. The van der Waals surface area contributed by atoms with E-state index in [1.165, 1.54) is 29.5 Å². The van der Waals surface area contributed by atoms with Gasteiger partial charge in [-0.2, -0.15) is 0 Å². The van der Waals surface area contributed by atoms with Gasteiger partial charge in [0.2, 0.25) is 0 Å². The number of hydrogen-bond donors (Lipinski definition) is 1. The molecule has 2 rings (SSSR count). The minimum Gasteiger partial charge on any atom is -0.496 e. The molecule has 0 radical (unpaired) electrons. The molecule has 0 amide bonds. The molecule has 0 aliphatic heterocycles. The average molecular weight is 275 g/mol. The lowest BCUT2D eigenvalue weighted by atomic mass is 9.83. The van der Waals surface area contributed by atoms with Gasteiger partial charge in [0, 0.05) is 5.54 Å². The zero-order chi connectivity index (χ0) is 14.9. The van der Waals surface area contributed by atoms with E-state index in [-0.39, 0.29) is 5.54 Å². The monoisotopic (exact) mass is 275 g/mol. The summed E-state index contributed by atoms with van der Waals surface area (Å²) in [4.78, 5) is 0. The van der Waals surface area contributed by atoms with Crippen LogP contribution in [0.1, 0.15) is 81.9 Å². The van der Waals surface area contributed by atoms with Crippen molar-refractivity contribution in [1.29, 1.82) is 0 Å². The molecule has 0 spiro atoms. The van der Waals surface area contributed by atoms with Crippen LogP contribution < -0.4 is 10.5 Å². The highest BCUT2D eigenvalue weighted by molar-refractivity contribution is 5.49. The van der Waals surface area contributed by atoms with Crippen molar-refractivity contribution in [3.05, 3.63) is 28.8 Å². The highest BCUT2D eigenvalue weighted by Crippen LogP contribution is 2.42. The first-order valence-electron chi connectivity index (χ1n) is 7.90. The summed E-state index contributed by atoms with van der Waals surface area (Å²) in [5.41, 5.74) is 10.4. The van der Waals surface area contributed by atoms with Crippen molar-refractivity contribution in [2.24, 2.45) is 5.73 Å². The number of rotatable bonds is 4. The molecule has 1 aromatic carbocycles. The Kier molecular flexibility index (Phi) is 4.43. The molecule has 0 unspecified atom stereocenters.